The molecular weight excluding hydrogens is 604 g/mol. The molecule has 44 heavy (non-hydrogen) atoms. The second kappa shape index (κ2) is 11.9. The van der Waals surface area contributed by atoms with E-state index in [4.69, 9.17) is 0 Å². The molecule has 16 heteroatoms. The summed E-state index contributed by atoms with van der Waals surface area (Å²) in [4.78, 5) is 33.6. The Bertz CT molecular complexity index is 1510. The first kappa shape index (κ1) is 31.6. The first-order valence-corrected chi connectivity index (χ1v) is 14.0. The Hall–Kier alpha value is -3.85. The van der Waals surface area contributed by atoms with Gasteiger partial charge in [0.1, 0.15) is 5.69 Å². The molecule has 0 spiro atoms. The van der Waals surface area contributed by atoms with Gasteiger partial charge in [-0.2, -0.15) is 31.4 Å². The van der Waals surface area contributed by atoms with Crippen molar-refractivity contribution in [2.24, 2.45) is 11.8 Å². The summed E-state index contributed by atoms with van der Waals surface area (Å²) in [5, 5.41) is 9.59. The predicted molar refractivity (Wildman–Crippen MR) is 138 cm³/mol. The normalized spacial score (nSPS) is 19.0. The van der Waals surface area contributed by atoms with Crippen LogP contribution in [0.1, 0.15) is 90.8 Å². The minimum atomic E-state index is -4.71. The maximum Gasteiger partial charge on any atom is 0.416 e. The largest absolute Gasteiger partial charge is 0.416 e. The van der Waals surface area contributed by atoms with Gasteiger partial charge in [0.05, 0.1) is 42.2 Å². The van der Waals surface area contributed by atoms with E-state index in [0.29, 0.717) is 11.6 Å². The molecule has 3 aromatic heterocycles. The number of hydrogen-bond acceptors (Lipinski definition) is 5. The van der Waals surface area contributed by atoms with Gasteiger partial charge in [0.15, 0.2) is 5.65 Å². The molecule has 8 nitrogen and oxygen atoms in total. The lowest BCUT2D eigenvalue weighted by molar-refractivity contribution is -0.144. The van der Waals surface area contributed by atoms with Crippen LogP contribution in [0.4, 0.5) is 35.1 Å². The highest BCUT2D eigenvalue weighted by Gasteiger charge is 2.40. The molecule has 0 aliphatic heterocycles. The Balaban J connectivity index is 1.41. The van der Waals surface area contributed by atoms with Crippen LogP contribution in [0, 0.1) is 11.8 Å². The number of nitrogens with zero attached hydrogens (tertiary/aromatic N) is 4. The van der Waals surface area contributed by atoms with Crippen LogP contribution in [-0.4, -0.2) is 43.5 Å². The Labute approximate surface area is 245 Å². The summed E-state index contributed by atoms with van der Waals surface area (Å²) in [5.41, 5.74) is -0.605. The summed E-state index contributed by atoms with van der Waals surface area (Å²) >= 11 is 0. The molecule has 5 rings (SSSR count). The van der Waals surface area contributed by atoms with Crippen LogP contribution in [-0.2, 0) is 11.0 Å². The van der Waals surface area contributed by atoms with Crippen molar-refractivity contribution in [3.05, 3.63) is 59.3 Å². The minimum Gasteiger partial charge on any atom is -0.349 e. The zero-order chi connectivity index (χ0) is 31.9. The molecule has 0 bridgehead atoms. The van der Waals surface area contributed by atoms with Gasteiger partial charge < -0.3 is 10.6 Å². The van der Waals surface area contributed by atoms with E-state index in [0.717, 1.165) is 25.1 Å². The molecule has 2 fully saturated rings. The predicted octanol–water partition coefficient (Wildman–Crippen LogP) is 6.35. The second-order valence-electron chi connectivity index (χ2n) is 11.3. The lowest BCUT2D eigenvalue weighted by Gasteiger charge is -2.33. The maximum atomic E-state index is 14.0. The van der Waals surface area contributed by atoms with Crippen molar-refractivity contribution in [2.45, 2.75) is 81.7 Å². The number of halogens is 8. The number of amides is 2. The van der Waals surface area contributed by atoms with Crippen LogP contribution in [0.3, 0.4) is 0 Å². The molecule has 2 atom stereocenters. The molecule has 2 amide bonds. The smallest absolute Gasteiger partial charge is 0.349 e. The molecule has 238 valence electrons. The van der Waals surface area contributed by atoms with Gasteiger partial charge in [-0.1, -0.05) is 0 Å². The van der Waals surface area contributed by atoms with E-state index in [1.54, 1.807) is 6.07 Å². The summed E-state index contributed by atoms with van der Waals surface area (Å²) < 4.78 is 107. The highest BCUT2D eigenvalue weighted by molar-refractivity contribution is 5.92. The molecular formula is C28H28F8N6O2. The SMILES string of the molecule is O=C(CCC(F)(F)F)NC(c1cnn2cc([C@@H](NC(=O)c3cc(C(F)(F)F)ccn3)C3CCC(F)(F)CC3)nc2c1)C1CC1. The standard InChI is InChI=1S/C28H28F8N6O2/c29-26(30)7-3-16(4-8-26)24(41-25(44)19-12-18(6-10-37-19)28(34,35)36)20-14-42-21(39-20)11-17(13-38-42)23(15-1-2-15)40-22(43)5-9-27(31,32)33/h6,10-16,23-24H,1-5,7-9H2,(H,40,43)(H,41,44)/t23?,24-/m0/s1. The fourth-order valence-electron chi connectivity index (χ4n) is 5.41. The molecule has 3 heterocycles. The third kappa shape index (κ3) is 7.80. The van der Waals surface area contributed by atoms with Gasteiger partial charge in [0.25, 0.3) is 5.91 Å². The topological polar surface area (TPSA) is 101 Å². The van der Waals surface area contributed by atoms with Crippen molar-refractivity contribution < 1.29 is 44.7 Å². The zero-order valence-electron chi connectivity index (χ0n) is 23.1. The Morgan fingerprint density at radius 3 is 2.30 bits per heavy atom. The van der Waals surface area contributed by atoms with Crippen molar-refractivity contribution in [3.8, 4) is 0 Å². The van der Waals surface area contributed by atoms with Crippen LogP contribution in [0.5, 0.6) is 0 Å². The number of alkyl halides is 8. The van der Waals surface area contributed by atoms with Crippen LogP contribution < -0.4 is 10.6 Å². The highest BCUT2D eigenvalue weighted by Crippen LogP contribution is 2.43. The van der Waals surface area contributed by atoms with Crippen LogP contribution in [0.25, 0.3) is 5.65 Å². The second-order valence-corrected chi connectivity index (χ2v) is 11.3. The van der Waals surface area contributed by atoms with Crippen molar-refractivity contribution in [3.63, 3.8) is 0 Å². The van der Waals surface area contributed by atoms with Gasteiger partial charge in [0, 0.05) is 25.5 Å². The van der Waals surface area contributed by atoms with Crippen LogP contribution >= 0.6 is 0 Å². The number of imidazole rings is 1. The Morgan fingerprint density at radius 1 is 0.977 bits per heavy atom. The average molecular weight is 633 g/mol. The van der Waals surface area contributed by atoms with Crippen molar-refractivity contribution in [1.82, 2.24) is 30.2 Å². The van der Waals surface area contributed by atoms with E-state index < -0.39 is 85.0 Å². The summed E-state index contributed by atoms with van der Waals surface area (Å²) in [6, 6.07) is 1.33. The van der Waals surface area contributed by atoms with E-state index in [-0.39, 0.29) is 30.1 Å². The fraction of sp³-hybridized carbons (Fsp3) is 0.536. The zero-order valence-corrected chi connectivity index (χ0v) is 23.1. The Kier molecular flexibility index (Phi) is 8.55. The molecule has 2 aliphatic rings. The number of carbonyl (C=O) groups excluding carboxylic acids is 2. The van der Waals surface area contributed by atoms with Gasteiger partial charge in [0.2, 0.25) is 11.8 Å². The van der Waals surface area contributed by atoms with Gasteiger partial charge in [-0.15, -0.1) is 0 Å². The van der Waals surface area contributed by atoms with Gasteiger partial charge in [-0.05, 0) is 61.3 Å². The molecule has 1 unspecified atom stereocenters. The number of rotatable bonds is 9. The molecule has 2 aliphatic carbocycles. The Morgan fingerprint density at radius 2 is 1.66 bits per heavy atom. The van der Waals surface area contributed by atoms with Crippen molar-refractivity contribution in [1.29, 1.82) is 0 Å². The third-order valence-electron chi connectivity index (χ3n) is 7.92. The number of pyridine rings is 1. The number of hydrogen-bond donors (Lipinski definition) is 2. The van der Waals surface area contributed by atoms with Crippen molar-refractivity contribution in [2.75, 3.05) is 0 Å². The summed E-state index contributed by atoms with van der Waals surface area (Å²) in [7, 11) is 0. The van der Waals surface area contributed by atoms with Crippen LogP contribution in [0.15, 0.2) is 36.8 Å². The molecule has 2 saturated carbocycles. The van der Waals surface area contributed by atoms with E-state index in [2.05, 4.69) is 25.7 Å². The number of nitrogens with one attached hydrogen (secondary N) is 2. The van der Waals surface area contributed by atoms with E-state index in [1.165, 1.54) is 16.9 Å². The van der Waals surface area contributed by atoms with Gasteiger partial charge >= 0.3 is 12.4 Å². The number of aromatic nitrogens is 4. The first-order chi connectivity index (χ1) is 20.6. The molecule has 0 aromatic carbocycles. The summed E-state index contributed by atoms with van der Waals surface area (Å²) in [5.74, 6) is -5.12. The lowest BCUT2D eigenvalue weighted by Crippen LogP contribution is -2.37. The third-order valence-corrected chi connectivity index (χ3v) is 7.92. The maximum absolute atomic E-state index is 14.0. The van der Waals surface area contributed by atoms with Gasteiger partial charge in [-0.25, -0.2) is 18.3 Å². The monoisotopic (exact) mass is 632 g/mol. The molecule has 2 N–H and O–H groups in total. The molecule has 0 saturated heterocycles. The summed E-state index contributed by atoms with van der Waals surface area (Å²) in [6.07, 6.45) is -6.80. The van der Waals surface area contributed by atoms with Crippen molar-refractivity contribution >= 4 is 17.5 Å². The van der Waals surface area contributed by atoms with E-state index in [1.807, 2.05) is 0 Å². The molecule has 3 aromatic rings. The quantitative estimate of drug-likeness (QED) is 0.268. The minimum absolute atomic E-state index is 0.000533. The van der Waals surface area contributed by atoms with E-state index >= 15 is 0 Å². The molecule has 0 radical (unpaired) electrons. The number of fused-ring (bicyclic) bond motifs is 1. The summed E-state index contributed by atoms with van der Waals surface area (Å²) in [6.45, 7) is 0. The fourth-order valence-corrected chi connectivity index (χ4v) is 5.41. The first-order valence-electron chi connectivity index (χ1n) is 14.0. The number of carbonyl (C=O) groups is 2. The average Bonchev–Trinajstić information content (AvgIpc) is 3.70. The van der Waals surface area contributed by atoms with Crippen LogP contribution in [0.2, 0.25) is 0 Å². The highest BCUT2D eigenvalue weighted by atomic mass is 19.4. The van der Waals surface area contributed by atoms with E-state index in [9.17, 15) is 44.7 Å². The van der Waals surface area contributed by atoms with Gasteiger partial charge in [-0.3, -0.25) is 14.6 Å². The lowest BCUT2D eigenvalue weighted by atomic mass is 9.81.